The third-order valence-electron chi connectivity index (χ3n) is 2.26. The maximum absolute atomic E-state index is 5.69. The van der Waals surface area contributed by atoms with Crippen LogP contribution in [-0.2, 0) is 5.41 Å². The van der Waals surface area contributed by atoms with Crippen molar-refractivity contribution >= 4 is 17.4 Å². The van der Waals surface area contributed by atoms with Crippen LogP contribution in [0.4, 0.5) is 0 Å². The molecule has 0 N–H and O–H groups in total. The molecule has 0 saturated heterocycles. The van der Waals surface area contributed by atoms with E-state index in [1.54, 1.807) is 4.90 Å². The summed E-state index contributed by atoms with van der Waals surface area (Å²) >= 11 is 5.15. The highest BCUT2D eigenvalue weighted by atomic mass is 32.1. The molecular weight excluding hydrogens is 218 g/mol. The van der Waals surface area contributed by atoms with E-state index in [2.05, 4.69) is 26.8 Å². The van der Waals surface area contributed by atoms with Gasteiger partial charge in [-0.3, -0.25) is 0 Å². The number of hydrogen-bond acceptors (Lipinski definition) is 2. The number of nitrogens with zero attached hydrogens (tertiary/aromatic N) is 1. The fourth-order valence-corrected chi connectivity index (χ4v) is 1.45. The van der Waals surface area contributed by atoms with Crippen molar-refractivity contribution in [2.24, 2.45) is 0 Å². The van der Waals surface area contributed by atoms with Crippen molar-refractivity contribution in [2.75, 3.05) is 14.1 Å². The van der Waals surface area contributed by atoms with Gasteiger partial charge in [-0.2, -0.15) is 0 Å². The molecule has 0 heterocycles. The second-order valence-corrected chi connectivity index (χ2v) is 5.36. The van der Waals surface area contributed by atoms with Crippen molar-refractivity contribution in [3.05, 3.63) is 29.8 Å². The lowest BCUT2D eigenvalue weighted by molar-refractivity contribution is 0.434. The Balaban J connectivity index is 3.01. The van der Waals surface area contributed by atoms with Gasteiger partial charge in [0.2, 0.25) is 0 Å². The lowest BCUT2D eigenvalue weighted by Gasteiger charge is -2.23. The summed E-state index contributed by atoms with van der Waals surface area (Å²) in [4.78, 5) is 1.79. The van der Waals surface area contributed by atoms with E-state index in [9.17, 15) is 0 Å². The normalized spacial score (nSPS) is 11.1. The molecule has 0 aliphatic heterocycles. The van der Waals surface area contributed by atoms with Gasteiger partial charge in [0.05, 0.1) is 0 Å². The second-order valence-electron chi connectivity index (χ2n) is 5.01. The molecule has 0 spiro atoms. The number of thiocarbonyl (C=S) groups is 1. The van der Waals surface area contributed by atoms with Crippen LogP contribution in [0, 0.1) is 0 Å². The zero-order valence-corrected chi connectivity index (χ0v) is 11.4. The van der Waals surface area contributed by atoms with Gasteiger partial charge in [0, 0.05) is 19.7 Å². The van der Waals surface area contributed by atoms with Crippen LogP contribution < -0.4 is 4.74 Å². The van der Waals surface area contributed by atoms with E-state index in [-0.39, 0.29) is 5.41 Å². The molecule has 0 amide bonds. The first-order valence-corrected chi connectivity index (χ1v) is 5.72. The highest BCUT2D eigenvalue weighted by Gasteiger charge is 2.19. The van der Waals surface area contributed by atoms with Crippen LogP contribution in [0.2, 0.25) is 0 Å². The van der Waals surface area contributed by atoms with Gasteiger partial charge in [0.15, 0.2) is 0 Å². The fraction of sp³-hybridized carbons (Fsp3) is 0.462. The molecular formula is C13H19NOS. The lowest BCUT2D eigenvalue weighted by Crippen LogP contribution is -2.26. The monoisotopic (exact) mass is 237 g/mol. The maximum atomic E-state index is 5.69. The molecule has 3 heteroatoms. The summed E-state index contributed by atoms with van der Waals surface area (Å²) in [7, 11) is 3.75. The van der Waals surface area contributed by atoms with Crippen molar-refractivity contribution < 1.29 is 4.74 Å². The van der Waals surface area contributed by atoms with Crippen molar-refractivity contribution in [2.45, 2.75) is 26.2 Å². The third-order valence-corrected chi connectivity index (χ3v) is 2.71. The van der Waals surface area contributed by atoms with Crippen LogP contribution in [0.25, 0.3) is 0 Å². The average molecular weight is 237 g/mol. The Bertz CT molecular complexity index is 380. The van der Waals surface area contributed by atoms with Gasteiger partial charge in [-0.15, -0.1) is 0 Å². The second kappa shape index (κ2) is 4.83. The van der Waals surface area contributed by atoms with Crippen molar-refractivity contribution in [3.63, 3.8) is 0 Å². The molecule has 0 aromatic heterocycles. The van der Waals surface area contributed by atoms with Gasteiger partial charge >= 0.3 is 0 Å². The predicted octanol–water partition coefficient (Wildman–Crippen LogP) is 3.21. The van der Waals surface area contributed by atoms with Crippen molar-refractivity contribution in [1.29, 1.82) is 0 Å². The zero-order valence-electron chi connectivity index (χ0n) is 10.6. The molecule has 0 unspecified atom stereocenters. The standard InChI is InChI=1S/C13H19NOS/c1-13(2,3)10-8-6-7-9-11(10)15-12(16)14(4)5/h6-9H,1-5H3. The highest BCUT2D eigenvalue weighted by Crippen LogP contribution is 2.31. The molecule has 0 aliphatic carbocycles. The van der Waals surface area contributed by atoms with E-state index in [1.807, 2.05) is 32.3 Å². The summed E-state index contributed by atoms with van der Waals surface area (Å²) < 4.78 is 5.69. The van der Waals surface area contributed by atoms with Gasteiger partial charge in [0.25, 0.3) is 5.17 Å². The lowest BCUT2D eigenvalue weighted by atomic mass is 9.86. The Morgan fingerprint density at radius 3 is 2.25 bits per heavy atom. The van der Waals surface area contributed by atoms with E-state index in [0.717, 1.165) is 5.75 Å². The summed E-state index contributed by atoms with van der Waals surface area (Å²) in [5, 5.41) is 0.483. The van der Waals surface area contributed by atoms with E-state index < -0.39 is 0 Å². The van der Waals surface area contributed by atoms with Crippen molar-refractivity contribution in [3.8, 4) is 5.75 Å². The molecule has 0 radical (unpaired) electrons. The summed E-state index contributed by atoms with van der Waals surface area (Å²) in [5.74, 6) is 0.841. The molecule has 0 fully saturated rings. The molecule has 88 valence electrons. The van der Waals surface area contributed by atoms with Crippen LogP contribution in [0.5, 0.6) is 5.75 Å². The number of rotatable bonds is 1. The molecule has 16 heavy (non-hydrogen) atoms. The number of ether oxygens (including phenoxy) is 1. The van der Waals surface area contributed by atoms with Crippen LogP contribution in [0.3, 0.4) is 0 Å². The van der Waals surface area contributed by atoms with Crippen LogP contribution in [0.1, 0.15) is 26.3 Å². The Labute approximate surface area is 103 Å². The fourth-order valence-electron chi connectivity index (χ4n) is 1.36. The third kappa shape index (κ3) is 3.20. The molecule has 0 bridgehead atoms. The SMILES string of the molecule is CN(C)C(=S)Oc1ccccc1C(C)(C)C. The van der Waals surface area contributed by atoms with Gasteiger partial charge in [-0.1, -0.05) is 39.0 Å². The van der Waals surface area contributed by atoms with Gasteiger partial charge < -0.3 is 9.64 Å². The minimum Gasteiger partial charge on any atom is -0.431 e. The van der Waals surface area contributed by atoms with Crippen LogP contribution in [0.15, 0.2) is 24.3 Å². The Hall–Kier alpha value is -1.09. The number of benzene rings is 1. The molecule has 0 saturated carbocycles. The molecule has 1 rings (SSSR count). The quantitative estimate of drug-likeness (QED) is 0.696. The molecule has 1 aromatic rings. The van der Waals surface area contributed by atoms with Crippen LogP contribution >= 0.6 is 12.2 Å². The van der Waals surface area contributed by atoms with E-state index >= 15 is 0 Å². The smallest absolute Gasteiger partial charge is 0.264 e. The Morgan fingerprint density at radius 1 is 1.19 bits per heavy atom. The minimum absolute atomic E-state index is 0.0541. The average Bonchev–Trinajstić information content (AvgIpc) is 2.16. The van der Waals surface area contributed by atoms with Crippen molar-refractivity contribution in [1.82, 2.24) is 4.90 Å². The molecule has 0 aliphatic rings. The summed E-state index contributed by atoms with van der Waals surface area (Å²) in [6.45, 7) is 6.48. The number of para-hydroxylation sites is 1. The largest absolute Gasteiger partial charge is 0.431 e. The summed E-state index contributed by atoms with van der Waals surface area (Å²) in [6.07, 6.45) is 0. The number of hydrogen-bond donors (Lipinski definition) is 0. The zero-order chi connectivity index (χ0) is 12.3. The first-order valence-electron chi connectivity index (χ1n) is 5.31. The molecule has 0 atom stereocenters. The van der Waals surface area contributed by atoms with Gasteiger partial charge in [-0.05, 0) is 23.7 Å². The summed E-state index contributed by atoms with van der Waals surface area (Å²) in [5.41, 5.74) is 1.22. The molecule has 1 aromatic carbocycles. The topological polar surface area (TPSA) is 12.5 Å². The highest BCUT2D eigenvalue weighted by molar-refractivity contribution is 7.80. The van der Waals surface area contributed by atoms with Crippen LogP contribution in [-0.4, -0.2) is 24.2 Å². The first kappa shape index (κ1) is 13.0. The summed E-state index contributed by atoms with van der Waals surface area (Å²) in [6, 6.07) is 8.01. The molecule has 2 nitrogen and oxygen atoms in total. The van der Waals surface area contributed by atoms with Gasteiger partial charge in [-0.25, -0.2) is 0 Å². The Morgan fingerprint density at radius 2 is 1.75 bits per heavy atom. The first-order chi connectivity index (χ1) is 7.32. The minimum atomic E-state index is 0.0541. The Kier molecular flexibility index (Phi) is 3.92. The van der Waals surface area contributed by atoms with Gasteiger partial charge in [0.1, 0.15) is 5.75 Å². The van der Waals surface area contributed by atoms with E-state index in [4.69, 9.17) is 17.0 Å². The predicted molar refractivity (Wildman–Crippen MR) is 72.1 cm³/mol. The maximum Gasteiger partial charge on any atom is 0.264 e. The van der Waals surface area contributed by atoms with E-state index in [0.29, 0.717) is 5.17 Å². The van der Waals surface area contributed by atoms with E-state index in [1.165, 1.54) is 5.56 Å².